The molecule has 1 heterocycles. The van der Waals surface area contributed by atoms with E-state index in [2.05, 4.69) is 45.8 Å². The van der Waals surface area contributed by atoms with Gasteiger partial charge in [0, 0.05) is 18.4 Å². The zero-order chi connectivity index (χ0) is 19.3. The minimum absolute atomic E-state index is 0.0416. The molecule has 0 bridgehead atoms. The molecule has 1 atom stereocenters. The molecule has 0 saturated heterocycles. The molecule has 0 aliphatic heterocycles. The monoisotopic (exact) mass is 371 g/mol. The molecule has 28 heavy (non-hydrogen) atoms. The lowest BCUT2D eigenvalue weighted by molar-refractivity contribution is -0.121. The lowest BCUT2D eigenvalue weighted by Gasteiger charge is -2.15. The smallest absolute Gasteiger partial charge is 0.247 e. The van der Waals surface area contributed by atoms with Gasteiger partial charge in [-0.1, -0.05) is 54.6 Å². The fourth-order valence-corrected chi connectivity index (χ4v) is 3.15. The molecule has 0 fully saturated rings. The Morgan fingerprint density at radius 2 is 1.71 bits per heavy atom. The van der Waals surface area contributed by atoms with Crippen LogP contribution >= 0.6 is 0 Å². The number of carbonyl (C=O) groups is 1. The molecule has 5 nitrogen and oxygen atoms in total. The van der Waals surface area contributed by atoms with E-state index in [4.69, 9.17) is 4.42 Å². The molecule has 1 amide bonds. The lowest BCUT2D eigenvalue weighted by Crippen LogP contribution is -2.26. The van der Waals surface area contributed by atoms with Crippen LogP contribution in [-0.4, -0.2) is 16.1 Å². The van der Waals surface area contributed by atoms with E-state index in [9.17, 15) is 4.79 Å². The zero-order valence-corrected chi connectivity index (χ0v) is 15.6. The molecule has 1 unspecified atom stereocenters. The van der Waals surface area contributed by atoms with Crippen molar-refractivity contribution in [1.82, 2.24) is 15.5 Å². The van der Waals surface area contributed by atoms with E-state index in [0.717, 1.165) is 11.1 Å². The summed E-state index contributed by atoms with van der Waals surface area (Å²) in [5.41, 5.74) is 1.95. The summed E-state index contributed by atoms with van der Waals surface area (Å²) in [4.78, 5) is 12.3. The van der Waals surface area contributed by atoms with Gasteiger partial charge in [0.2, 0.25) is 17.7 Å². The summed E-state index contributed by atoms with van der Waals surface area (Å²) in [6.45, 7) is 1.99. The molecule has 0 spiro atoms. The molecule has 3 aromatic carbocycles. The second kappa shape index (κ2) is 8.05. The molecule has 0 aliphatic rings. The van der Waals surface area contributed by atoms with E-state index in [1.54, 1.807) is 0 Å². The minimum atomic E-state index is -0.0697. The van der Waals surface area contributed by atoms with Crippen molar-refractivity contribution < 1.29 is 9.21 Å². The number of aryl methyl sites for hydroxylation is 1. The van der Waals surface area contributed by atoms with Gasteiger partial charge in [0.1, 0.15) is 0 Å². The van der Waals surface area contributed by atoms with Gasteiger partial charge in [0.15, 0.2) is 0 Å². The van der Waals surface area contributed by atoms with Crippen molar-refractivity contribution in [2.75, 3.05) is 0 Å². The first-order valence-electron chi connectivity index (χ1n) is 9.35. The number of hydrogen-bond donors (Lipinski definition) is 1. The number of hydrogen-bond acceptors (Lipinski definition) is 4. The van der Waals surface area contributed by atoms with Gasteiger partial charge >= 0.3 is 0 Å². The van der Waals surface area contributed by atoms with E-state index in [1.807, 2.05) is 49.4 Å². The molecule has 0 radical (unpaired) electrons. The van der Waals surface area contributed by atoms with Gasteiger partial charge in [0.25, 0.3) is 0 Å². The quantitative estimate of drug-likeness (QED) is 0.533. The van der Waals surface area contributed by atoms with Gasteiger partial charge in [-0.15, -0.1) is 10.2 Å². The summed E-state index contributed by atoms with van der Waals surface area (Å²) in [7, 11) is 0. The molecule has 4 rings (SSSR count). The minimum Gasteiger partial charge on any atom is -0.421 e. The molecule has 1 aromatic heterocycles. The molecular weight excluding hydrogens is 350 g/mol. The maximum absolute atomic E-state index is 12.3. The maximum atomic E-state index is 12.3. The molecule has 140 valence electrons. The number of nitrogens with one attached hydrogen (secondary N) is 1. The van der Waals surface area contributed by atoms with Crippen LogP contribution in [0, 0.1) is 0 Å². The fraction of sp³-hybridized carbons (Fsp3) is 0.174. The van der Waals surface area contributed by atoms with Crippen LogP contribution in [-0.2, 0) is 11.2 Å². The third-order valence-electron chi connectivity index (χ3n) is 4.70. The summed E-state index contributed by atoms with van der Waals surface area (Å²) in [5, 5.41) is 13.5. The summed E-state index contributed by atoms with van der Waals surface area (Å²) in [5.74, 6) is 0.896. The second-order valence-electron chi connectivity index (χ2n) is 6.76. The second-order valence-corrected chi connectivity index (χ2v) is 6.76. The molecule has 0 saturated carbocycles. The van der Waals surface area contributed by atoms with Crippen molar-refractivity contribution in [2.45, 2.75) is 25.8 Å². The normalized spacial score (nSPS) is 12.0. The Kier molecular flexibility index (Phi) is 5.15. The predicted molar refractivity (Wildman–Crippen MR) is 109 cm³/mol. The Bertz CT molecular complexity index is 1090. The van der Waals surface area contributed by atoms with E-state index in [0.29, 0.717) is 24.6 Å². The molecular formula is C23H21N3O2. The van der Waals surface area contributed by atoms with E-state index in [-0.39, 0.29) is 11.9 Å². The summed E-state index contributed by atoms with van der Waals surface area (Å²) >= 11 is 0. The SMILES string of the molecule is CC(NC(=O)CCc1nnc(-c2ccccc2)o1)c1ccc2ccccc2c1. The average molecular weight is 371 g/mol. The van der Waals surface area contributed by atoms with Crippen LogP contribution < -0.4 is 5.32 Å². The summed E-state index contributed by atoms with van der Waals surface area (Å²) < 4.78 is 5.66. The third-order valence-corrected chi connectivity index (χ3v) is 4.70. The van der Waals surface area contributed by atoms with Crippen LogP contribution in [0.5, 0.6) is 0 Å². The number of fused-ring (bicyclic) bond motifs is 1. The highest BCUT2D eigenvalue weighted by molar-refractivity contribution is 5.83. The number of aromatic nitrogens is 2. The first-order valence-corrected chi connectivity index (χ1v) is 9.35. The maximum Gasteiger partial charge on any atom is 0.247 e. The van der Waals surface area contributed by atoms with Crippen LogP contribution in [0.2, 0.25) is 0 Å². The largest absolute Gasteiger partial charge is 0.421 e. The third kappa shape index (κ3) is 4.09. The molecule has 1 N–H and O–H groups in total. The first-order chi connectivity index (χ1) is 13.7. The van der Waals surface area contributed by atoms with Gasteiger partial charge in [-0.2, -0.15) is 0 Å². The van der Waals surface area contributed by atoms with Gasteiger partial charge in [0.05, 0.1) is 6.04 Å². The van der Waals surface area contributed by atoms with Crippen molar-refractivity contribution in [2.24, 2.45) is 0 Å². The number of rotatable bonds is 6. The van der Waals surface area contributed by atoms with Crippen LogP contribution in [0.4, 0.5) is 0 Å². The van der Waals surface area contributed by atoms with Crippen molar-refractivity contribution in [1.29, 1.82) is 0 Å². The van der Waals surface area contributed by atoms with E-state index in [1.165, 1.54) is 10.8 Å². The average Bonchev–Trinajstić information content (AvgIpc) is 3.22. The van der Waals surface area contributed by atoms with E-state index >= 15 is 0 Å². The Hall–Kier alpha value is -3.47. The highest BCUT2D eigenvalue weighted by Crippen LogP contribution is 2.21. The standard InChI is InChI=1S/C23H21N3O2/c1-16(19-12-11-17-7-5-6-10-20(17)15-19)24-21(27)13-14-22-25-26-23(28-22)18-8-3-2-4-9-18/h2-12,15-16H,13-14H2,1H3,(H,24,27). The fourth-order valence-electron chi connectivity index (χ4n) is 3.15. The van der Waals surface area contributed by atoms with E-state index < -0.39 is 0 Å². The number of nitrogens with zero attached hydrogens (tertiary/aromatic N) is 2. The highest BCUT2D eigenvalue weighted by atomic mass is 16.4. The number of carbonyl (C=O) groups excluding carboxylic acids is 1. The van der Waals surface area contributed by atoms with Gasteiger partial charge in [-0.25, -0.2) is 0 Å². The topological polar surface area (TPSA) is 68.0 Å². The molecule has 5 heteroatoms. The Labute approximate surface area is 163 Å². The van der Waals surface area contributed by atoms with Gasteiger partial charge < -0.3 is 9.73 Å². The van der Waals surface area contributed by atoms with Crippen LogP contribution in [0.3, 0.4) is 0 Å². The lowest BCUT2D eigenvalue weighted by atomic mass is 10.0. The highest BCUT2D eigenvalue weighted by Gasteiger charge is 2.13. The Morgan fingerprint density at radius 1 is 0.964 bits per heavy atom. The van der Waals surface area contributed by atoms with Gasteiger partial charge in [-0.3, -0.25) is 4.79 Å². The van der Waals surface area contributed by atoms with Crippen molar-refractivity contribution in [3.05, 3.63) is 84.3 Å². The number of benzene rings is 3. The Morgan fingerprint density at radius 3 is 2.54 bits per heavy atom. The number of amides is 1. The van der Waals surface area contributed by atoms with Crippen LogP contribution in [0.25, 0.3) is 22.2 Å². The Balaban J connectivity index is 1.34. The molecule has 0 aliphatic carbocycles. The van der Waals surface area contributed by atoms with Crippen LogP contribution in [0.1, 0.15) is 30.8 Å². The first kappa shape index (κ1) is 17.9. The van der Waals surface area contributed by atoms with Crippen molar-refractivity contribution in [3.63, 3.8) is 0 Å². The predicted octanol–water partition coefficient (Wildman–Crippen LogP) is 4.70. The summed E-state index contributed by atoms with van der Waals surface area (Å²) in [6.07, 6.45) is 0.713. The summed E-state index contributed by atoms with van der Waals surface area (Å²) in [6, 6.07) is 24.0. The van der Waals surface area contributed by atoms with Crippen molar-refractivity contribution >= 4 is 16.7 Å². The van der Waals surface area contributed by atoms with Gasteiger partial charge in [-0.05, 0) is 41.5 Å². The zero-order valence-electron chi connectivity index (χ0n) is 15.6. The molecule has 4 aromatic rings. The van der Waals surface area contributed by atoms with Crippen LogP contribution in [0.15, 0.2) is 77.2 Å². The van der Waals surface area contributed by atoms with Crippen molar-refractivity contribution in [3.8, 4) is 11.5 Å².